The first-order valence-electron chi connectivity index (χ1n) is 10.5. The number of aryl methyl sites for hydroxylation is 1. The molecule has 9 heteroatoms. The molecule has 0 spiro atoms. The molecule has 1 amide bonds. The highest BCUT2D eigenvalue weighted by Gasteiger charge is 2.23. The van der Waals surface area contributed by atoms with Gasteiger partial charge in [-0.25, -0.2) is 13.2 Å². The number of carbonyl (C=O) groups is 2. The van der Waals surface area contributed by atoms with Crippen molar-refractivity contribution in [3.8, 4) is 5.75 Å². The number of hydrogen-bond donors (Lipinski definition) is 2. The lowest BCUT2D eigenvalue weighted by Gasteiger charge is -2.15. The van der Waals surface area contributed by atoms with Crippen LogP contribution in [0.15, 0.2) is 47.4 Å². The Hall–Kier alpha value is -2.91. The molecular weight excluding hydrogens is 432 g/mol. The summed E-state index contributed by atoms with van der Waals surface area (Å²) in [5.41, 5.74) is 1.49. The van der Waals surface area contributed by atoms with E-state index in [0.717, 1.165) is 12.8 Å². The van der Waals surface area contributed by atoms with Gasteiger partial charge < -0.3 is 14.8 Å². The zero-order chi connectivity index (χ0) is 23.7. The molecule has 1 atom stereocenters. The number of anilines is 1. The van der Waals surface area contributed by atoms with Crippen LogP contribution in [0.1, 0.15) is 49.5 Å². The average molecular weight is 463 g/mol. The van der Waals surface area contributed by atoms with Gasteiger partial charge in [0.1, 0.15) is 5.75 Å². The molecule has 0 fully saturated rings. The molecule has 0 radical (unpaired) electrons. The van der Waals surface area contributed by atoms with Crippen LogP contribution in [0.25, 0.3) is 0 Å². The fourth-order valence-corrected chi connectivity index (χ4v) is 4.08. The molecule has 0 saturated carbocycles. The third-order valence-electron chi connectivity index (χ3n) is 4.60. The predicted octanol–water partition coefficient (Wildman–Crippen LogP) is 3.66. The molecule has 0 heterocycles. The van der Waals surface area contributed by atoms with E-state index in [4.69, 9.17) is 9.47 Å². The SMILES string of the molecule is CCCCOC(=O)c1ccc(NC(=O)[C@H](C)NS(=O)(=O)c2ccc(OCC)c(C)c2)cc1. The third-order valence-corrected chi connectivity index (χ3v) is 6.14. The minimum absolute atomic E-state index is 0.0454. The minimum atomic E-state index is -3.91. The molecule has 0 saturated heterocycles. The maximum absolute atomic E-state index is 12.7. The summed E-state index contributed by atoms with van der Waals surface area (Å²) in [4.78, 5) is 24.5. The van der Waals surface area contributed by atoms with E-state index in [1.54, 1.807) is 37.3 Å². The molecule has 0 aliphatic rings. The highest BCUT2D eigenvalue weighted by molar-refractivity contribution is 7.89. The van der Waals surface area contributed by atoms with Crippen molar-refractivity contribution in [2.45, 2.75) is 51.5 Å². The lowest BCUT2D eigenvalue weighted by Crippen LogP contribution is -2.41. The van der Waals surface area contributed by atoms with Gasteiger partial charge in [-0.3, -0.25) is 4.79 Å². The summed E-state index contributed by atoms with van der Waals surface area (Å²) in [6.07, 6.45) is 1.72. The lowest BCUT2D eigenvalue weighted by molar-refractivity contribution is -0.117. The Kier molecular flexibility index (Phi) is 9.22. The van der Waals surface area contributed by atoms with E-state index in [0.29, 0.717) is 35.8 Å². The summed E-state index contributed by atoms with van der Waals surface area (Å²) >= 11 is 0. The Balaban J connectivity index is 1.98. The molecule has 0 unspecified atom stereocenters. The van der Waals surface area contributed by atoms with Gasteiger partial charge in [0, 0.05) is 5.69 Å². The second kappa shape index (κ2) is 11.6. The summed E-state index contributed by atoms with van der Waals surface area (Å²) in [5, 5.41) is 2.63. The largest absolute Gasteiger partial charge is 0.494 e. The van der Waals surface area contributed by atoms with Gasteiger partial charge in [0.05, 0.1) is 29.7 Å². The maximum atomic E-state index is 12.7. The zero-order valence-corrected chi connectivity index (χ0v) is 19.6. The van der Waals surface area contributed by atoms with Crippen LogP contribution in [0.5, 0.6) is 5.75 Å². The van der Waals surface area contributed by atoms with E-state index < -0.39 is 27.9 Å². The van der Waals surface area contributed by atoms with Crippen molar-refractivity contribution < 1.29 is 27.5 Å². The van der Waals surface area contributed by atoms with Gasteiger partial charge in [0.15, 0.2) is 0 Å². The van der Waals surface area contributed by atoms with Crippen molar-refractivity contribution in [1.29, 1.82) is 0 Å². The molecule has 2 N–H and O–H groups in total. The molecule has 2 aromatic carbocycles. The second-order valence-electron chi connectivity index (χ2n) is 7.26. The van der Waals surface area contributed by atoms with Gasteiger partial charge in [0.2, 0.25) is 15.9 Å². The predicted molar refractivity (Wildman–Crippen MR) is 122 cm³/mol. The standard InChI is InChI=1S/C23H30N2O6S/c1-5-7-14-31-23(27)18-8-10-19(11-9-18)24-22(26)17(4)25-32(28,29)20-12-13-21(30-6-2)16(3)15-20/h8-13,15,17,25H,5-7,14H2,1-4H3,(H,24,26)/t17-/m0/s1. The van der Waals surface area contributed by atoms with E-state index in [-0.39, 0.29) is 4.90 Å². The fraction of sp³-hybridized carbons (Fsp3) is 0.391. The first kappa shape index (κ1) is 25.4. The van der Waals surface area contributed by atoms with Gasteiger partial charge in [0.25, 0.3) is 0 Å². The highest BCUT2D eigenvalue weighted by Crippen LogP contribution is 2.22. The molecule has 32 heavy (non-hydrogen) atoms. The first-order valence-corrected chi connectivity index (χ1v) is 12.0. The van der Waals surface area contributed by atoms with Crippen LogP contribution < -0.4 is 14.8 Å². The van der Waals surface area contributed by atoms with Crippen LogP contribution in [0.3, 0.4) is 0 Å². The van der Waals surface area contributed by atoms with E-state index in [9.17, 15) is 18.0 Å². The van der Waals surface area contributed by atoms with Crippen LogP contribution >= 0.6 is 0 Å². The molecule has 8 nitrogen and oxygen atoms in total. The average Bonchev–Trinajstić information content (AvgIpc) is 2.75. The topological polar surface area (TPSA) is 111 Å². The molecule has 174 valence electrons. The second-order valence-corrected chi connectivity index (χ2v) is 8.97. The first-order chi connectivity index (χ1) is 15.2. The van der Waals surface area contributed by atoms with Crippen LogP contribution in [0.4, 0.5) is 5.69 Å². The normalized spacial score (nSPS) is 12.1. The third kappa shape index (κ3) is 7.06. The number of sulfonamides is 1. The number of rotatable bonds is 11. The van der Waals surface area contributed by atoms with Crippen molar-refractivity contribution in [1.82, 2.24) is 4.72 Å². The van der Waals surface area contributed by atoms with Crippen molar-refractivity contribution in [3.63, 3.8) is 0 Å². The Labute approximate surface area is 189 Å². The number of ether oxygens (including phenoxy) is 2. The summed E-state index contributed by atoms with van der Waals surface area (Å²) in [6, 6.07) is 9.71. The van der Waals surface area contributed by atoms with Crippen molar-refractivity contribution in [2.24, 2.45) is 0 Å². The Bertz CT molecular complexity index is 1030. The quantitative estimate of drug-likeness (QED) is 0.389. The van der Waals surface area contributed by atoms with Crippen LogP contribution in [-0.2, 0) is 19.6 Å². The smallest absolute Gasteiger partial charge is 0.338 e. The molecule has 0 bridgehead atoms. The van der Waals surface area contributed by atoms with Gasteiger partial charge >= 0.3 is 5.97 Å². The summed E-state index contributed by atoms with van der Waals surface area (Å²) < 4.78 is 38.3. The molecule has 0 aromatic heterocycles. The fourth-order valence-electron chi connectivity index (χ4n) is 2.79. The minimum Gasteiger partial charge on any atom is -0.494 e. The van der Waals surface area contributed by atoms with Crippen molar-refractivity contribution >= 4 is 27.6 Å². The molecular formula is C23H30N2O6S. The van der Waals surface area contributed by atoms with Crippen LogP contribution in [-0.4, -0.2) is 39.5 Å². The number of carbonyl (C=O) groups excluding carboxylic acids is 2. The molecule has 2 rings (SSSR count). The number of benzene rings is 2. The molecule has 0 aliphatic heterocycles. The monoisotopic (exact) mass is 462 g/mol. The number of nitrogens with one attached hydrogen (secondary N) is 2. The van der Waals surface area contributed by atoms with Gasteiger partial charge in [-0.2, -0.15) is 4.72 Å². The maximum Gasteiger partial charge on any atom is 0.338 e. The van der Waals surface area contributed by atoms with Crippen LogP contribution in [0.2, 0.25) is 0 Å². The van der Waals surface area contributed by atoms with Crippen LogP contribution in [0, 0.1) is 6.92 Å². The highest BCUT2D eigenvalue weighted by atomic mass is 32.2. The van der Waals surface area contributed by atoms with Gasteiger partial charge in [-0.05, 0) is 75.2 Å². The van der Waals surface area contributed by atoms with E-state index >= 15 is 0 Å². The number of hydrogen-bond acceptors (Lipinski definition) is 6. The Morgan fingerprint density at radius 2 is 1.75 bits per heavy atom. The molecule has 2 aromatic rings. The number of amides is 1. The summed E-state index contributed by atoms with van der Waals surface area (Å²) in [5.74, 6) is -0.354. The lowest BCUT2D eigenvalue weighted by atomic mass is 10.2. The van der Waals surface area contributed by atoms with E-state index in [1.807, 2.05) is 13.8 Å². The Morgan fingerprint density at radius 1 is 1.06 bits per heavy atom. The van der Waals surface area contributed by atoms with Crippen molar-refractivity contribution in [3.05, 3.63) is 53.6 Å². The molecule has 0 aliphatic carbocycles. The van der Waals surface area contributed by atoms with Crippen molar-refractivity contribution in [2.75, 3.05) is 18.5 Å². The van der Waals surface area contributed by atoms with Gasteiger partial charge in [-0.1, -0.05) is 13.3 Å². The van der Waals surface area contributed by atoms with E-state index in [2.05, 4.69) is 10.0 Å². The number of esters is 1. The van der Waals surface area contributed by atoms with E-state index in [1.165, 1.54) is 19.1 Å². The van der Waals surface area contributed by atoms with Gasteiger partial charge in [-0.15, -0.1) is 0 Å². The number of unbranched alkanes of at least 4 members (excludes halogenated alkanes) is 1. The zero-order valence-electron chi connectivity index (χ0n) is 18.8. The Morgan fingerprint density at radius 3 is 2.34 bits per heavy atom. The summed E-state index contributed by atoms with van der Waals surface area (Å²) in [6.45, 7) is 7.89. The summed E-state index contributed by atoms with van der Waals surface area (Å²) in [7, 11) is -3.91.